The number of hydrogen-bond donors (Lipinski definition) is 2. The summed E-state index contributed by atoms with van der Waals surface area (Å²) >= 11 is 0. The van der Waals surface area contributed by atoms with E-state index < -0.39 is 11.4 Å². The summed E-state index contributed by atoms with van der Waals surface area (Å²) in [7, 11) is 0. The van der Waals surface area contributed by atoms with Crippen LogP contribution in [0.1, 0.15) is 29.0 Å². The van der Waals surface area contributed by atoms with Crippen molar-refractivity contribution in [2.75, 3.05) is 19.8 Å². The van der Waals surface area contributed by atoms with Gasteiger partial charge in [-0.05, 0) is 49.6 Å². The van der Waals surface area contributed by atoms with Crippen LogP contribution in [0, 0.1) is 12.7 Å². The summed E-state index contributed by atoms with van der Waals surface area (Å²) in [5.74, 6) is -0.632. The Labute approximate surface area is 162 Å². The van der Waals surface area contributed by atoms with Gasteiger partial charge in [-0.25, -0.2) is 9.37 Å². The number of ether oxygens (including phenoxy) is 1. The fourth-order valence-electron chi connectivity index (χ4n) is 3.59. The normalized spacial score (nSPS) is 16.2. The van der Waals surface area contributed by atoms with E-state index in [1.165, 1.54) is 6.07 Å². The Morgan fingerprint density at radius 2 is 2.11 bits per heavy atom. The Balaban J connectivity index is 1.77. The van der Waals surface area contributed by atoms with Crippen molar-refractivity contribution in [2.24, 2.45) is 0 Å². The van der Waals surface area contributed by atoms with Gasteiger partial charge in [0.15, 0.2) is 0 Å². The molecule has 0 saturated carbocycles. The number of aliphatic hydroxyl groups excluding tert-OH is 1. The molecular formula is C21H22FN3O3. The highest BCUT2D eigenvalue weighted by atomic mass is 19.1. The zero-order chi connectivity index (χ0) is 19.7. The molecule has 0 spiro atoms. The molecule has 146 valence electrons. The van der Waals surface area contributed by atoms with Crippen molar-refractivity contribution in [1.82, 2.24) is 14.7 Å². The van der Waals surface area contributed by atoms with Gasteiger partial charge in [0.05, 0.1) is 23.4 Å². The molecule has 2 aromatic heterocycles. The lowest BCUT2D eigenvalue weighted by atomic mass is 9.91. The first-order valence-electron chi connectivity index (χ1n) is 9.28. The fraction of sp³-hybridized carbons (Fsp3) is 0.333. The van der Waals surface area contributed by atoms with Gasteiger partial charge in [0, 0.05) is 25.0 Å². The van der Waals surface area contributed by atoms with E-state index in [0.717, 1.165) is 5.56 Å². The molecule has 2 N–H and O–H groups in total. The van der Waals surface area contributed by atoms with E-state index in [0.29, 0.717) is 42.8 Å². The van der Waals surface area contributed by atoms with Crippen molar-refractivity contribution in [1.29, 1.82) is 0 Å². The first-order valence-corrected chi connectivity index (χ1v) is 9.28. The molecule has 0 atom stereocenters. The van der Waals surface area contributed by atoms with Gasteiger partial charge in [0.2, 0.25) is 5.82 Å². The number of hydrogen-bond acceptors (Lipinski definition) is 4. The van der Waals surface area contributed by atoms with Crippen LogP contribution in [0.5, 0.6) is 0 Å². The summed E-state index contributed by atoms with van der Waals surface area (Å²) in [6, 6.07) is 10.4. The van der Waals surface area contributed by atoms with Gasteiger partial charge in [-0.3, -0.25) is 9.20 Å². The SMILES string of the molecule is Cc1ccc(-c2nc(C(=O)NC3(CO)CCOCC3)n3ccccc23)c(F)c1. The molecule has 3 heterocycles. The highest BCUT2D eigenvalue weighted by molar-refractivity contribution is 5.95. The van der Waals surface area contributed by atoms with E-state index in [1.807, 2.05) is 19.1 Å². The number of carbonyl (C=O) groups is 1. The largest absolute Gasteiger partial charge is 0.394 e. The summed E-state index contributed by atoms with van der Waals surface area (Å²) in [6.07, 6.45) is 2.78. The van der Waals surface area contributed by atoms with Crippen LogP contribution in [0.15, 0.2) is 42.6 Å². The van der Waals surface area contributed by atoms with Crippen molar-refractivity contribution >= 4 is 11.4 Å². The average Bonchev–Trinajstić information content (AvgIpc) is 3.08. The lowest BCUT2D eigenvalue weighted by Gasteiger charge is -2.36. The third kappa shape index (κ3) is 3.27. The predicted octanol–water partition coefficient (Wildman–Crippen LogP) is 2.72. The molecular weight excluding hydrogens is 361 g/mol. The minimum absolute atomic E-state index is 0.157. The zero-order valence-electron chi connectivity index (χ0n) is 15.6. The summed E-state index contributed by atoms with van der Waals surface area (Å²) < 4.78 is 21.6. The molecule has 6 nitrogen and oxygen atoms in total. The minimum atomic E-state index is -0.731. The van der Waals surface area contributed by atoms with Gasteiger partial charge in [-0.1, -0.05) is 12.1 Å². The zero-order valence-corrected chi connectivity index (χ0v) is 15.6. The van der Waals surface area contributed by atoms with Crippen molar-refractivity contribution in [2.45, 2.75) is 25.3 Å². The average molecular weight is 383 g/mol. The monoisotopic (exact) mass is 383 g/mol. The molecule has 1 fully saturated rings. The molecule has 0 bridgehead atoms. The standard InChI is InChI=1S/C21H22FN3O3/c1-14-5-6-15(16(22)12-14)18-17-4-2-3-9-25(17)19(23-18)20(27)24-21(13-26)7-10-28-11-8-21/h2-6,9,12,26H,7-8,10-11,13H2,1H3,(H,24,27). The van der Waals surface area contributed by atoms with Crippen molar-refractivity contribution in [3.05, 3.63) is 59.8 Å². The highest BCUT2D eigenvalue weighted by Crippen LogP contribution is 2.28. The van der Waals surface area contributed by atoms with E-state index >= 15 is 0 Å². The maximum absolute atomic E-state index is 14.6. The number of amides is 1. The van der Waals surface area contributed by atoms with E-state index in [1.54, 1.807) is 28.8 Å². The Kier molecular flexibility index (Phi) is 4.87. The molecule has 4 rings (SSSR count). The van der Waals surface area contributed by atoms with Gasteiger partial charge >= 0.3 is 0 Å². The second-order valence-electron chi connectivity index (χ2n) is 7.23. The quantitative estimate of drug-likeness (QED) is 0.726. The molecule has 0 unspecified atom stereocenters. The minimum Gasteiger partial charge on any atom is -0.394 e. The summed E-state index contributed by atoms with van der Waals surface area (Å²) in [4.78, 5) is 17.5. The maximum Gasteiger partial charge on any atom is 0.288 e. The summed E-state index contributed by atoms with van der Waals surface area (Å²) in [6.45, 7) is 2.59. The molecule has 28 heavy (non-hydrogen) atoms. The molecule has 1 saturated heterocycles. The van der Waals surface area contributed by atoms with Crippen LogP contribution >= 0.6 is 0 Å². The Hall–Kier alpha value is -2.77. The summed E-state index contributed by atoms with van der Waals surface area (Å²) in [5.41, 5.74) is 1.47. The smallest absolute Gasteiger partial charge is 0.288 e. The Morgan fingerprint density at radius 1 is 1.32 bits per heavy atom. The Morgan fingerprint density at radius 3 is 2.82 bits per heavy atom. The predicted molar refractivity (Wildman–Crippen MR) is 103 cm³/mol. The van der Waals surface area contributed by atoms with E-state index in [2.05, 4.69) is 10.3 Å². The first kappa shape index (κ1) is 18.6. The van der Waals surface area contributed by atoms with Gasteiger partial charge in [0.25, 0.3) is 5.91 Å². The molecule has 3 aromatic rings. The van der Waals surface area contributed by atoms with Crippen LogP contribution < -0.4 is 5.32 Å². The second-order valence-corrected chi connectivity index (χ2v) is 7.23. The topological polar surface area (TPSA) is 75.9 Å². The van der Waals surface area contributed by atoms with Crippen LogP contribution in [0.2, 0.25) is 0 Å². The lowest BCUT2D eigenvalue weighted by molar-refractivity contribution is 0.0123. The van der Waals surface area contributed by atoms with Crippen molar-refractivity contribution in [3.63, 3.8) is 0 Å². The number of aromatic nitrogens is 2. The molecule has 1 amide bonds. The van der Waals surface area contributed by atoms with Gasteiger partial charge < -0.3 is 15.2 Å². The van der Waals surface area contributed by atoms with E-state index in [9.17, 15) is 14.3 Å². The highest BCUT2D eigenvalue weighted by Gasteiger charge is 2.35. The first-order chi connectivity index (χ1) is 13.5. The van der Waals surface area contributed by atoms with Crippen LogP contribution in [0.3, 0.4) is 0 Å². The number of aryl methyl sites for hydroxylation is 1. The van der Waals surface area contributed by atoms with E-state index in [-0.39, 0.29) is 18.2 Å². The number of fused-ring (bicyclic) bond motifs is 1. The van der Waals surface area contributed by atoms with E-state index in [4.69, 9.17) is 4.74 Å². The van der Waals surface area contributed by atoms with Crippen LogP contribution in [-0.4, -0.2) is 45.8 Å². The maximum atomic E-state index is 14.6. The number of benzene rings is 1. The second kappa shape index (κ2) is 7.33. The Bertz CT molecular complexity index is 1020. The fourth-order valence-corrected chi connectivity index (χ4v) is 3.59. The third-order valence-electron chi connectivity index (χ3n) is 5.26. The number of halogens is 1. The number of rotatable bonds is 4. The molecule has 1 aromatic carbocycles. The molecule has 1 aliphatic heterocycles. The molecule has 7 heteroatoms. The van der Waals surface area contributed by atoms with Gasteiger partial charge in [-0.15, -0.1) is 0 Å². The third-order valence-corrected chi connectivity index (χ3v) is 5.26. The number of aliphatic hydroxyl groups is 1. The number of nitrogens with one attached hydrogen (secondary N) is 1. The van der Waals surface area contributed by atoms with Crippen molar-refractivity contribution < 1.29 is 19.0 Å². The lowest BCUT2D eigenvalue weighted by Crippen LogP contribution is -2.54. The van der Waals surface area contributed by atoms with Crippen LogP contribution in [0.25, 0.3) is 16.8 Å². The summed E-state index contributed by atoms with van der Waals surface area (Å²) in [5, 5.41) is 12.8. The molecule has 0 radical (unpaired) electrons. The number of carbonyl (C=O) groups excluding carboxylic acids is 1. The number of nitrogens with zero attached hydrogens (tertiary/aromatic N) is 2. The van der Waals surface area contributed by atoms with Crippen molar-refractivity contribution in [3.8, 4) is 11.3 Å². The molecule has 0 aliphatic carbocycles. The number of pyridine rings is 1. The number of imidazole rings is 1. The van der Waals surface area contributed by atoms with Crippen LogP contribution in [-0.2, 0) is 4.74 Å². The van der Waals surface area contributed by atoms with Crippen LogP contribution in [0.4, 0.5) is 4.39 Å². The van der Waals surface area contributed by atoms with Gasteiger partial charge in [-0.2, -0.15) is 0 Å². The van der Waals surface area contributed by atoms with Gasteiger partial charge in [0.1, 0.15) is 5.82 Å². The molecule has 1 aliphatic rings.